The fourth-order valence-electron chi connectivity index (χ4n) is 2.45. The lowest BCUT2D eigenvalue weighted by Crippen LogP contribution is -2.43. The van der Waals surface area contributed by atoms with E-state index in [1.165, 1.54) is 6.07 Å². The first-order valence-electron chi connectivity index (χ1n) is 8.53. The molecule has 2 N–H and O–H groups in total. The zero-order valence-corrected chi connectivity index (χ0v) is 15.1. The molecule has 0 aliphatic carbocycles. The minimum absolute atomic E-state index is 0.0514. The Labute approximate surface area is 164 Å². The zero-order valence-electron chi connectivity index (χ0n) is 15.1. The van der Waals surface area contributed by atoms with Crippen molar-refractivity contribution in [2.75, 3.05) is 0 Å². The van der Waals surface area contributed by atoms with Crippen LogP contribution in [0, 0.1) is 0 Å². The minimum atomic E-state index is -4.56. The van der Waals surface area contributed by atoms with Crippen LogP contribution in [0.4, 0.5) is 13.2 Å². The summed E-state index contributed by atoms with van der Waals surface area (Å²) in [5, 5.41) is 11.3. The van der Waals surface area contributed by atoms with Gasteiger partial charge < -0.3 is 15.2 Å². The lowest BCUT2D eigenvalue weighted by Gasteiger charge is -2.14. The second-order valence-electron chi connectivity index (χ2n) is 6.18. The Balaban J connectivity index is 1.91. The molecule has 0 aliphatic heterocycles. The van der Waals surface area contributed by atoms with Crippen molar-refractivity contribution in [2.45, 2.75) is 31.7 Å². The van der Waals surface area contributed by atoms with Crippen LogP contribution in [0.3, 0.4) is 0 Å². The van der Waals surface area contributed by atoms with Crippen LogP contribution in [0.5, 0.6) is 0 Å². The summed E-state index contributed by atoms with van der Waals surface area (Å²) >= 11 is 0. The highest BCUT2D eigenvalue weighted by molar-refractivity contribution is 5.88. The summed E-state index contributed by atoms with van der Waals surface area (Å²) in [6, 6.07) is 11.3. The Hall–Kier alpha value is -3.36. The number of alkyl halides is 3. The van der Waals surface area contributed by atoms with Crippen molar-refractivity contribution in [1.29, 1.82) is 0 Å². The van der Waals surface area contributed by atoms with Crippen LogP contribution in [0.1, 0.15) is 23.1 Å². The van der Waals surface area contributed by atoms with E-state index in [2.05, 4.69) is 5.32 Å². The van der Waals surface area contributed by atoms with Crippen LogP contribution in [-0.4, -0.2) is 29.0 Å². The second-order valence-corrected chi connectivity index (χ2v) is 6.18. The van der Waals surface area contributed by atoms with Crippen molar-refractivity contribution in [3.63, 3.8) is 0 Å². The number of hydrogen-bond donors (Lipinski definition) is 2. The summed E-state index contributed by atoms with van der Waals surface area (Å²) in [5.74, 6) is -3.12. The number of amides is 1. The molecule has 0 spiro atoms. The summed E-state index contributed by atoms with van der Waals surface area (Å²) in [7, 11) is 0. The van der Waals surface area contributed by atoms with Crippen molar-refractivity contribution in [2.24, 2.45) is 0 Å². The van der Waals surface area contributed by atoms with Crippen molar-refractivity contribution >= 4 is 17.8 Å². The third-order valence-corrected chi connectivity index (χ3v) is 3.87. The smallest absolute Gasteiger partial charge is 0.416 e. The Morgan fingerprint density at radius 2 is 1.66 bits per heavy atom. The molecule has 154 valence electrons. The predicted octanol–water partition coefficient (Wildman–Crippen LogP) is 2.95. The molecule has 0 bridgehead atoms. The number of carbonyl (C=O) groups is 3. The quantitative estimate of drug-likeness (QED) is 0.654. The summed E-state index contributed by atoms with van der Waals surface area (Å²) in [4.78, 5) is 35.2. The van der Waals surface area contributed by atoms with E-state index >= 15 is 0 Å². The van der Waals surface area contributed by atoms with Gasteiger partial charge in [0.25, 0.3) is 0 Å². The number of nitrogens with one attached hydrogen (secondary N) is 1. The average Bonchev–Trinajstić information content (AvgIpc) is 2.66. The lowest BCUT2D eigenvalue weighted by molar-refractivity contribution is -0.151. The average molecular weight is 409 g/mol. The molecule has 0 unspecified atom stereocenters. The fourth-order valence-corrected chi connectivity index (χ4v) is 2.45. The van der Waals surface area contributed by atoms with Gasteiger partial charge in [-0.1, -0.05) is 48.5 Å². The first-order chi connectivity index (χ1) is 13.6. The van der Waals surface area contributed by atoms with Gasteiger partial charge in [-0.15, -0.1) is 0 Å². The molecular weight excluding hydrogens is 391 g/mol. The molecule has 2 aromatic rings. The maximum Gasteiger partial charge on any atom is 0.416 e. The molecule has 0 saturated heterocycles. The number of carbonyl (C=O) groups excluding carboxylic acids is 2. The maximum atomic E-state index is 12.7. The van der Waals surface area contributed by atoms with E-state index < -0.39 is 48.5 Å². The van der Waals surface area contributed by atoms with E-state index in [1.54, 1.807) is 30.3 Å². The van der Waals surface area contributed by atoms with Gasteiger partial charge >= 0.3 is 18.1 Å². The van der Waals surface area contributed by atoms with Gasteiger partial charge in [0.05, 0.1) is 18.4 Å². The number of carboxylic acid groups (broad SMARTS) is 1. The van der Waals surface area contributed by atoms with Gasteiger partial charge in [-0.05, 0) is 17.2 Å². The molecule has 1 amide bonds. The summed E-state index contributed by atoms with van der Waals surface area (Å²) in [5.41, 5.74) is -0.142. The summed E-state index contributed by atoms with van der Waals surface area (Å²) in [6.07, 6.45) is -5.64. The third kappa shape index (κ3) is 7.28. The standard InChI is InChI=1S/C20H18F3NO5/c21-20(22,23)15-8-4-7-14(9-15)10-17(25)24-16(19(27)28)11-18(26)29-12-13-5-2-1-3-6-13/h1-9,16H,10-12H2,(H,24,25)(H,27,28)/t16-/m0/s1. The number of aliphatic carboxylic acids is 1. The molecular formula is C20H18F3NO5. The number of ether oxygens (including phenoxy) is 1. The Kier molecular flexibility index (Phi) is 7.35. The third-order valence-electron chi connectivity index (χ3n) is 3.87. The number of hydrogen-bond acceptors (Lipinski definition) is 4. The molecule has 2 rings (SSSR count). The molecule has 0 aliphatic rings. The molecule has 0 saturated carbocycles. The van der Waals surface area contributed by atoms with E-state index in [0.29, 0.717) is 5.56 Å². The molecule has 9 heteroatoms. The molecule has 1 atom stereocenters. The van der Waals surface area contributed by atoms with Crippen LogP contribution < -0.4 is 5.32 Å². The van der Waals surface area contributed by atoms with Gasteiger partial charge in [0.1, 0.15) is 12.6 Å². The number of halogens is 3. The molecule has 29 heavy (non-hydrogen) atoms. The van der Waals surface area contributed by atoms with Crippen molar-refractivity contribution in [3.8, 4) is 0 Å². The lowest BCUT2D eigenvalue weighted by atomic mass is 10.1. The molecule has 0 radical (unpaired) electrons. The Morgan fingerprint density at radius 1 is 1.00 bits per heavy atom. The zero-order chi connectivity index (χ0) is 21.4. The number of carboxylic acids is 1. The highest BCUT2D eigenvalue weighted by atomic mass is 19.4. The minimum Gasteiger partial charge on any atom is -0.480 e. The van der Waals surface area contributed by atoms with Gasteiger partial charge in [0.15, 0.2) is 0 Å². The molecule has 0 aromatic heterocycles. The number of benzene rings is 2. The van der Waals surface area contributed by atoms with Gasteiger partial charge in [-0.3, -0.25) is 9.59 Å². The van der Waals surface area contributed by atoms with Crippen molar-refractivity contribution < 1.29 is 37.4 Å². The van der Waals surface area contributed by atoms with Gasteiger partial charge in [-0.2, -0.15) is 13.2 Å². The van der Waals surface area contributed by atoms with Crippen LogP contribution in [0.25, 0.3) is 0 Å². The SMILES string of the molecule is O=C(Cc1cccc(C(F)(F)F)c1)N[C@@H](CC(=O)OCc1ccccc1)C(=O)O. The fraction of sp³-hybridized carbons (Fsp3) is 0.250. The number of esters is 1. The van der Waals surface area contributed by atoms with Gasteiger partial charge in [0.2, 0.25) is 5.91 Å². The van der Waals surface area contributed by atoms with Crippen molar-refractivity contribution in [3.05, 3.63) is 71.3 Å². The van der Waals surface area contributed by atoms with E-state index in [4.69, 9.17) is 4.74 Å². The van der Waals surface area contributed by atoms with Crippen LogP contribution in [0.2, 0.25) is 0 Å². The number of rotatable bonds is 8. The molecule has 0 heterocycles. The highest BCUT2D eigenvalue weighted by Gasteiger charge is 2.30. The van der Waals surface area contributed by atoms with E-state index in [0.717, 1.165) is 18.2 Å². The molecule has 6 nitrogen and oxygen atoms in total. The van der Waals surface area contributed by atoms with Crippen molar-refractivity contribution in [1.82, 2.24) is 5.32 Å². The highest BCUT2D eigenvalue weighted by Crippen LogP contribution is 2.29. The van der Waals surface area contributed by atoms with Gasteiger partial charge in [-0.25, -0.2) is 4.79 Å². The maximum absolute atomic E-state index is 12.7. The summed E-state index contributed by atoms with van der Waals surface area (Å²) < 4.78 is 43.2. The van der Waals surface area contributed by atoms with E-state index in [1.807, 2.05) is 0 Å². The van der Waals surface area contributed by atoms with Crippen LogP contribution in [-0.2, 0) is 38.3 Å². The van der Waals surface area contributed by atoms with E-state index in [9.17, 15) is 32.7 Å². The first-order valence-corrected chi connectivity index (χ1v) is 8.53. The van der Waals surface area contributed by atoms with Crippen LogP contribution in [0.15, 0.2) is 54.6 Å². The van der Waals surface area contributed by atoms with Crippen LogP contribution >= 0.6 is 0 Å². The first kappa shape index (κ1) is 21.9. The monoisotopic (exact) mass is 409 g/mol. The van der Waals surface area contributed by atoms with E-state index in [-0.39, 0.29) is 12.2 Å². The predicted molar refractivity (Wildman–Crippen MR) is 95.6 cm³/mol. The normalized spacial score (nSPS) is 12.1. The largest absolute Gasteiger partial charge is 0.480 e. The molecule has 0 fully saturated rings. The second kappa shape index (κ2) is 9.72. The van der Waals surface area contributed by atoms with Gasteiger partial charge in [0, 0.05) is 0 Å². The Morgan fingerprint density at radius 3 is 2.28 bits per heavy atom. The summed E-state index contributed by atoms with van der Waals surface area (Å²) in [6.45, 7) is -0.0514. The topological polar surface area (TPSA) is 92.7 Å². The molecule has 2 aromatic carbocycles. The Bertz CT molecular complexity index is 868.